The Kier molecular flexibility index (Phi) is 37.7. The van der Waals surface area contributed by atoms with E-state index in [4.69, 9.17) is 4.74 Å². The fraction of sp³-hybridized carbons (Fsp3) is 0.537. The van der Waals surface area contributed by atoms with Gasteiger partial charge in [0.1, 0.15) is 30.4 Å². The van der Waals surface area contributed by atoms with Gasteiger partial charge in [0, 0.05) is 19.4 Å². The standard InChI is InChI=1S/C54H83N3O8/c1-3-5-7-9-11-13-15-17-19-21-22-24-25-27-29-31-33-35-37-42-48(59)55-44-40-39-41-46(53(63)57-50-52(62)51(61)47(45-58)65-54(50)64)56-49(60)43-38-36-34-32-30-28-26-23-20-18-16-14-12-10-8-6-4-2/h5-8,11-14,17-20,22,24,26-29,32-35,46-47,50-52,54,58,61-62,64H,3-4,9-10,15-16,21,23,25,30-31,36-45H2,1-2H3,(H,55,59)(H,56,60)(H,57,63)/t46-,47?,50?,51+,52-,54+/m0/s1. The number of allylic oxidation sites excluding steroid dienone is 22. The summed E-state index contributed by atoms with van der Waals surface area (Å²) < 4.78 is 5.18. The van der Waals surface area contributed by atoms with Gasteiger partial charge in [0.25, 0.3) is 0 Å². The minimum absolute atomic E-state index is 0.0698. The van der Waals surface area contributed by atoms with Gasteiger partial charge in [-0.2, -0.15) is 0 Å². The van der Waals surface area contributed by atoms with Crippen molar-refractivity contribution in [2.75, 3.05) is 13.2 Å². The normalized spacial score (nSPS) is 20.4. The van der Waals surface area contributed by atoms with Crippen LogP contribution in [-0.4, -0.2) is 88.0 Å². The van der Waals surface area contributed by atoms with Gasteiger partial charge in [-0.3, -0.25) is 14.4 Å². The van der Waals surface area contributed by atoms with E-state index in [9.17, 15) is 34.8 Å². The van der Waals surface area contributed by atoms with Gasteiger partial charge in [-0.15, -0.1) is 0 Å². The summed E-state index contributed by atoms with van der Waals surface area (Å²) in [5.41, 5.74) is 0. The van der Waals surface area contributed by atoms with Crippen LogP contribution in [0.2, 0.25) is 0 Å². The number of ether oxygens (including phenoxy) is 1. The molecule has 1 aliphatic rings. The van der Waals surface area contributed by atoms with Crippen molar-refractivity contribution in [1.82, 2.24) is 16.0 Å². The summed E-state index contributed by atoms with van der Waals surface area (Å²) in [6.07, 6.45) is 55.0. The Labute approximate surface area is 391 Å². The van der Waals surface area contributed by atoms with Crippen LogP contribution >= 0.6 is 0 Å². The predicted octanol–water partition coefficient (Wildman–Crippen LogP) is 9.07. The number of amides is 3. The van der Waals surface area contributed by atoms with Crippen LogP contribution < -0.4 is 16.0 Å². The van der Waals surface area contributed by atoms with Crippen molar-refractivity contribution in [1.29, 1.82) is 0 Å². The zero-order valence-electron chi connectivity index (χ0n) is 39.4. The lowest BCUT2D eigenvalue weighted by Crippen LogP contribution is -2.65. The number of hydrogen-bond acceptors (Lipinski definition) is 8. The third-order valence-corrected chi connectivity index (χ3v) is 10.2. The van der Waals surface area contributed by atoms with Crippen molar-refractivity contribution in [3.63, 3.8) is 0 Å². The molecule has 1 rings (SSSR count). The zero-order chi connectivity index (χ0) is 47.4. The van der Waals surface area contributed by atoms with E-state index in [1.165, 1.54) is 0 Å². The second-order valence-electron chi connectivity index (χ2n) is 15.8. The third kappa shape index (κ3) is 32.6. The molecule has 0 bridgehead atoms. The summed E-state index contributed by atoms with van der Waals surface area (Å²) in [6, 6.07) is -2.37. The van der Waals surface area contributed by atoms with E-state index in [2.05, 4.69) is 151 Å². The van der Waals surface area contributed by atoms with Crippen LogP contribution in [0.3, 0.4) is 0 Å². The number of hydrogen-bond donors (Lipinski definition) is 7. The lowest BCUT2D eigenvalue weighted by molar-refractivity contribution is -0.254. The molecule has 0 radical (unpaired) electrons. The fourth-order valence-corrected chi connectivity index (χ4v) is 6.45. The van der Waals surface area contributed by atoms with Crippen molar-refractivity contribution in [2.45, 2.75) is 173 Å². The van der Waals surface area contributed by atoms with Crippen LogP contribution in [0, 0.1) is 0 Å². The van der Waals surface area contributed by atoms with E-state index in [1.54, 1.807) is 0 Å². The van der Waals surface area contributed by atoms with Gasteiger partial charge < -0.3 is 41.1 Å². The fourth-order valence-electron chi connectivity index (χ4n) is 6.45. The van der Waals surface area contributed by atoms with E-state index in [1.807, 2.05) is 12.2 Å². The summed E-state index contributed by atoms with van der Waals surface area (Å²) in [5, 5.41) is 48.9. The molecule has 11 heteroatoms. The minimum Gasteiger partial charge on any atom is -0.394 e. The molecule has 3 amide bonds. The van der Waals surface area contributed by atoms with Crippen LogP contribution in [0.1, 0.15) is 136 Å². The maximum atomic E-state index is 13.4. The van der Waals surface area contributed by atoms with Gasteiger partial charge in [-0.05, 0) is 109 Å². The van der Waals surface area contributed by atoms with Gasteiger partial charge in [0.2, 0.25) is 17.7 Å². The van der Waals surface area contributed by atoms with Crippen LogP contribution in [0.4, 0.5) is 0 Å². The molecule has 1 saturated heterocycles. The number of aliphatic hydroxyl groups is 4. The largest absolute Gasteiger partial charge is 0.394 e. The number of rotatable bonds is 36. The monoisotopic (exact) mass is 902 g/mol. The second-order valence-corrected chi connectivity index (χ2v) is 15.8. The minimum atomic E-state index is -1.68. The zero-order valence-corrected chi connectivity index (χ0v) is 39.4. The first-order valence-corrected chi connectivity index (χ1v) is 24.1. The predicted molar refractivity (Wildman–Crippen MR) is 266 cm³/mol. The molecular formula is C54H83N3O8. The summed E-state index contributed by atoms with van der Waals surface area (Å²) in [5.74, 6) is -1.04. The molecule has 0 aromatic carbocycles. The summed E-state index contributed by atoms with van der Waals surface area (Å²) in [4.78, 5) is 38.8. The summed E-state index contributed by atoms with van der Waals surface area (Å²) in [7, 11) is 0. The van der Waals surface area contributed by atoms with Crippen LogP contribution in [0.15, 0.2) is 134 Å². The Hall–Kier alpha value is -4.65. The quantitative estimate of drug-likeness (QED) is 0.0241. The summed E-state index contributed by atoms with van der Waals surface area (Å²) in [6.45, 7) is 4.04. The van der Waals surface area contributed by atoms with Gasteiger partial charge in [0.05, 0.1) is 6.61 Å². The highest BCUT2D eigenvalue weighted by Gasteiger charge is 2.44. The van der Waals surface area contributed by atoms with Crippen molar-refractivity contribution in [3.8, 4) is 0 Å². The van der Waals surface area contributed by atoms with E-state index in [0.29, 0.717) is 45.1 Å². The molecule has 0 aliphatic carbocycles. The lowest BCUT2D eigenvalue weighted by atomic mass is 9.96. The molecule has 0 spiro atoms. The first kappa shape index (κ1) is 58.4. The summed E-state index contributed by atoms with van der Waals surface area (Å²) >= 11 is 0. The van der Waals surface area contributed by atoms with Crippen LogP contribution in [0.25, 0.3) is 0 Å². The number of carbonyl (C=O) groups excluding carboxylic acids is 3. The van der Waals surface area contributed by atoms with E-state index in [0.717, 1.165) is 70.6 Å². The first-order valence-electron chi connectivity index (χ1n) is 24.1. The Bertz CT molecular complexity index is 1590. The van der Waals surface area contributed by atoms with E-state index < -0.39 is 49.2 Å². The molecule has 1 aliphatic heterocycles. The smallest absolute Gasteiger partial charge is 0.243 e. The molecule has 1 heterocycles. The molecule has 11 nitrogen and oxygen atoms in total. The Morgan fingerprint density at radius 1 is 0.523 bits per heavy atom. The first-order chi connectivity index (χ1) is 31.7. The van der Waals surface area contributed by atoms with E-state index in [-0.39, 0.29) is 24.7 Å². The molecule has 6 atom stereocenters. The maximum absolute atomic E-state index is 13.4. The highest BCUT2D eigenvalue weighted by atomic mass is 16.6. The van der Waals surface area contributed by atoms with Crippen molar-refractivity contribution in [2.24, 2.45) is 0 Å². The van der Waals surface area contributed by atoms with Crippen molar-refractivity contribution < 1.29 is 39.5 Å². The molecule has 65 heavy (non-hydrogen) atoms. The Morgan fingerprint density at radius 3 is 1.40 bits per heavy atom. The van der Waals surface area contributed by atoms with Crippen molar-refractivity contribution >= 4 is 17.7 Å². The van der Waals surface area contributed by atoms with E-state index >= 15 is 0 Å². The topological polar surface area (TPSA) is 177 Å². The average molecular weight is 902 g/mol. The van der Waals surface area contributed by atoms with Crippen LogP contribution in [-0.2, 0) is 19.1 Å². The molecular weight excluding hydrogens is 819 g/mol. The molecule has 1 fully saturated rings. The lowest BCUT2D eigenvalue weighted by Gasteiger charge is -2.40. The molecule has 2 unspecified atom stereocenters. The highest BCUT2D eigenvalue weighted by Crippen LogP contribution is 2.20. The van der Waals surface area contributed by atoms with Gasteiger partial charge in [-0.1, -0.05) is 148 Å². The molecule has 0 aromatic rings. The van der Waals surface area contributed by atoms with Crippen LogP contribution in [0.5, 0.6) is 0 Å². The Balaban J connectivity index is 2.44. The molecule has 362 valence electrons. The highest BCUT2D eigenvalue weighted by molar-refractivity contribution is 5.87. The van der Waals surface area contributed by atoms with Gasteiger partial charge in [0.15, 0.2) is 6.29 Å². The average Bonchev–Trinajstić information content (AvgIpc) is 3.30. The van der Waals surface area contributed by atoms with Gasteiger partial charge in [-0.25, -0.2) is 0 Å². The molecule has 0 saturated carbocycles. The number of carbonyl (C=O) groups is 3. The number of aliphatic hydroxyl groups excluding tert-OH is 4. The third-order valence-electron chi connectivity index (χ3n) is 10.2. The second kappa shape index (κ2) is 42.0. The molecule has 0 aromatic heterocycles. The maximum Gasteiger partial charge on any atom is 0.243 e. The molecule has 7 N–H and O–H groups in total. The number of unbranched alkanes of at least 4 members (excludes halogenated alkanes) is 2. The SMILES string of the molecule is CCC=CCC=CCC=CCC=CCC=CCC=CCCC(=O)NCCCC[C@H](NC(=O)CCCC=CCC=CCC=CCC=CCC=CCC)C(=O)NC1[C@H](O)OC(CO)[C@@H](O)[C@H]1O. The Morgan fingerprint density at radius 2 is 0.954 bits per heavy atom. The van der Waals surface area contributed by atoms with Crippen molar-refractivity contribution in [3.05, 3.63) is 134 Å². The number of nitrogens with one attached hydrogen (secondary N) is 3. The van der Waals surface area contributed by atoms with Gasteiger partial charge >= 0.3 is 0 Å².